The van der Waals surface area contributed by atoms with Gasteiger partial charge in [0.25, 0.3) is 5.91 Å². The number of hydrogen-bond donors (Lipinski definition) is 0. The first-order chi connectivity index (χ1) is 10.0. The van der Waals surface area contributed by atoms with Crippen LogP contribution in [0.5, 0.6) is 0 Å². The van der Waals surface area contributed by atoms with Crippen molar-refractivity contribution in [3.05, 3.63) is 28.2 Å². The van der Waals surface area contributed by atoms with Crippen LogP contribution in [0.1, 0.15) is 6.42 Å². The Morgan fingerprint density at radius 2 is 2.05 bits per heavy atom. The molecule has 0 saturated carbocycles. The fourth-order valence-corrected chi connectivity index (χ4v) is 4.16. The van der Waals surface area contributed by atoms with Gasteiger partial charge < -0.3 is 4.90 Å². The monoisotopic (exact) mass is 360 g/mol. The van der Waals surface area contributed by atoms with Crippen molar-refractivity contribution in [2.45, 2.75) is 12.5 Å². The first kappa shape index (κ1) is 15.1. The van der Waals surface area contributed by atoms with Crippen LogP contribution in [0.15, 0.2) is 18.2 Å². The molecule has 0 aliphatic carbocycles. The zero-order valence-electron chi connectivity index (χ0n) is 10.7. The van der Waals surface area contributed by atoms with Crippen LogP contribution in [0.4, 0.5) is 5.69 Å². The second-order valence-corrected chi connectivity index (χ2v) is 7.18. The first-order valence-corrected chi connectivity index (χ1v) is 8.40. The average molecular weight is 361 g/mol. The number of anilines is 1. The van der Waals surface area contributed by atoms with E-state index < -0.39 is 6.04 Å². The third-order valence-corrected chi connectivity index (χ3v) is 5.73. The highest BCUT2D eigenvalue weighted by Crippen LogP contribution is 2.36. The normalized spacial score (nSPS) is 22.6. The summed E-state index contributed by atoms with van der Waals surface area (Å²) in [4.78, 5) is 27.8. The van der Waals surface area contributed by atoms with Gasteiger partial charge >= 0.3 is 0 Å². The number of benzene rings is 1. The van der Waals surface area contributed by atoms with E-state index >= 15 is 0 Å². The Morgan fingerprint density at radius 1 is 1.29 bits per heavy atom. The first-order valence-electron chi connectivity index (χ1n) is 6.25. The molecule has 2 aliphatic heterocycles. The van der Waals surface area contributed by atoms with Gasteiger partial charge in [0.15, 0.2) is 0 Å². The van der Waals surface area contributed by atoms with E-state index in [2.05, 4.69) is 0 Å². The highest BCUT2D eigenvalue weighted by Gasteiger charge is 2.45. The van der Waals surface area contributed by atoms with Crippen molar-refractivity contribution < 1.29 is 9.59 Å². The molecule has 1 aromatic carbocycles. The molecule has 0 spiro atoms. The topological polar surface area (TPSA) is 40.6 Å². The summed E-state index contributed by atoms with van der Waals surface area (Å²) in [5.74, 6) is 0.261. The number of amides is 2. The highest BCUT2D eigenvalue weighted by molar-refractivity contribution is 8.23. The van der Waals surface area contributed by atoms with E-state index in [1.54, 1.807) is 18.2 Å². The van der Waals surface area contributed by atoms with Gasteiger partial charge in [0.1, 0.15) is 10.4 Å². The van der Waals surface area contributed by atoms with E-state index in [9.17, 15) is 9.59 Å². The number of rotatable bonds is 2. The molecular formula is C13H10Cl2N2O2S2. The zero-order valence-corrected chi connectivity index (χ0v) is 13.9. The van der Waals surface area contributed by atoms with E-state index in [-0.39, 0.29) is 23.3 Å². The van der Waals surface area contributed by atoms with Gasteiger partial charge in [0.05, 0.1) is 22.2 Å². The predicted octanol–water partition coefficient (Wildman–Crippen LogP) is 2.96. The van der Waals surface area contributed by atoms with E-state index in [1.165, 1.54) is 11.8 Å². The molecule has 21 heavy (non-hydrogen) atoms. The molecule has 110 valence electrons. The molecule has 0 radical (unpaired) electrons. The smallest absolute Gasteiger partial charge is 0.257 e. The van der Waals surface area contributed by atoms with E-state index in [0.717, 1.165) is 10.7 Å². The maximum atomic E-state index is 12.6. The summed E-state index contributed by atoms with van der Waals surface area (Å²) < 4.78 is 0.667. The second-order valence-electron chi connectivity index (χ2n) is 4.67. The van der Waals surface area contributed by atoms with Crippen LogP contribution >= 0.6 is 47.2 Å². The number of thiocarbonyl (C=S) groups is 1. The van der Waals surface area contributed by atoms with Crippen LogP contribution in [0.3, 0.4) is 0 Å². The molecule has 2 amide bonds. The van der Waals surface area contributed by atoms with Crippen LogP contribution in [0, 0.1) is 0 Å². The number of carbonyl (C=O) groups is 2. The lowest BCUT2D eigenvalue weighted by atomic mass is 10.2. The molecule has 8 heteroatoms. The third-order valence-electron chi connectivity index (χ3n) is 3.46. The van der Waals surface area contributed by atoms with Crippen molar-refractivity contribution in [1.82, 2.24) is 4.90 Å². The van der Waals surface area contributed by atoms with Gasteiger partial charge in [-0.2, -0.15) is 0 Å². The summed E-state index contributed by atoms with van der Waals surface area (Å²) in [6.07, 6.45) is 0.113. The minimum atomic E-state index is -0.532. The number of carbonyl (C=O) groups excluding carboxylic acids is 2. The SMILES string of the molecule is O=C1C[C@@H](N2CCSC2=S)C(=O)N1c1cccc(Cl)c1Cl. The van der Waals surface area contributed by atoms with Gasteiger partial charge in [-0.1, -0.05) is 53.2 Å². The van der Waals surface area contributed by atoms with Gasteiger partial charge in [-0.05, 0) is 12.1 Å². The Balaban J connectivity index is 1.94. The molecule has 2 aliphatic rings. The van der Waals surface area contributed by atoms with E-state index in [4.69, 9.17) is 35.4 Å². The number of imide groups is 1. The van der Waals surface area contributed by atoms with E-state index in [1.807, 2.05) is 4.90 Å². The number of thioether (sulfide) groups is 1. The van der Waals surface area contributed by atoms with Gasteiger partial charge in [-0.3, -0.25) is 9.59 Å². The molecule has 4 nitrogen and oxygen atoms in total. The minimum Gasteiger partial charge on any atom is -0.344 e. The molecule has 0 aromatic heterocycles. The van der Waals surface area contributed by atoms with Crippen molar-refractivity contribution in [2.75, 3.05) is 17.2 Å². The van der Waals surface area contributed by atoms with E-state index in [0.29, 0.717) is 21.6 Å². The van der Waals surface area contributed by atoms with Crippen LogP contribution in [-0.2, 0) is 9.59 Å². The summed E-state index contributed by atoms with van der Waals surface area (Å²) in [6, 6.07) is 4.36. The summed E-state index contributed by atoms with van der Waals surface area (Å²) >= 11 is 18.8. The van der Waals surface area contributed by atoms with Crippen molar-refractivity contribution in [1.29, 1.82) is 0 Å². The zero-order chi connectivity index (χ0) is 15.1. The van der Waals surface area contributed by atoms with Crippen LogP contribution in [-0.4, -0.2) is 39.4 Å². The number of halogens is 2. The molecular weight excluding hydrogens is 351 g/mol. The molecule has 2 heterocycles. The van der Waals surface area contributed by atoms with Crippen LogP contribution < -0.4 is 4.90 Å². The minimum absolute atomic E-state index is 0.113. The number of hydrogen-bond acceptors (Lipinski definition) is 4. The summed E-state index contributed by atoms with van der Waals surface area (Å²) in [6.45, 7) is 0.685. The maximum Gasteiger partial charge on any atom is 0.257 e. The lowest BCUT2D eigenvalue weighted by Crippen LogP contribution is -2.42. The molecule has 0 bridgehead atoms. The lowest BCUT2D eigenvalue weighted by Gasteiger charge is -2.23. The Bertz CT molecular complexity index is 653. The highest BCUT2D eigenvalue weighted by atomic mass is 35.5. The van der Waals surface area contributed by atoms with Crippen LogP contribution in [0.25, 0.3) is 0 Å². The second kappa shape index (κ2) is 5.76. The van der Waals surface area contributed by atoms with Crippen molar-refractivity contribution in [3.8, 4) is 0 Å². The Hall–Kier alpha value is -0.820. The fraction of sp³-hybridized carbons (Fsp3) is 0.308. The van der Waals surface area contributed by atoms with Gasteiger partial charge in [0.2, 0.25) is 5.91 Å². The maximum absolute atomic E-state index is 12.6. The molecule has 1 atom stereocenters. The van der Waals surface area contributed by atoms with Gasteiger partial charge in [-0.15, -0.1) is 0 Å². The molecule has 0 unspecified atom stereocenters. The van der Waals surface area contributed by atoms with Crippen LogP contribution in [0.2, 0.25) is 10.0 Å². The van der Waals surface area contributed by atoms with Crippen molar-refractivity contribution in [2.24, 2.45) is 0 Å². The Labute approximate surface area is 141 Å². The Kier molecular flexibility index (Phi) is 4.14. The molecule has 2 saturated heterocycles. The fourth-order valence-electron chi connectivity index (χ4n) is 2.47. The standard InChI is InChI=1S/C13H10Cl2N2O2S2/c14-7-2-1-3-8(11(7)15)17-10(18)6-9(12(17)19)16-4-5-21-13(16)20/h1-3,9H,4-6H2/t9-/m1/s1. The summed E-state index contributed by atoms with van der Waals surface area (Å²) in [5, 5.41) is 0.519. The molecule has 1 aromatic rings. The lowest BCUT2D eigenvalue weighted by molar-refractivity contribution is -0.122. The molecule has 2 fully saturated rings. The summed E-state index contributed by atoms with van der Waals surface area (Å²) in [5.41, 5.74) is 0.333. The quantitative estimate of drug-likeness (QED) is 0.598. The largest absolute Gasteiger partial charge is 0.344 e. The van der Waals surface area contributed by atoms with Crippen molar-refractivity contribution in [3.63, 3.8) is 0 Å². The number of nitrogens with zero attached hydrogens (tertiary/aromatic N) is 2. The Morgan fingerprint density at radius 3 is 2.71 bits per heavy atom. The van der Waals surface area contributed by atoms with Gasteiger partial charge in [0, 0.05) is 12.3 Å². The summed E-state index contributed by atoms with van der Waals surface area (Å²) in [7, 11) is 0. The average Bonchev–Trinajstić information content (AvgIpc) is 2.98. The van der Waals surface area contributed by atoms with Crippen molar-refractivity contribution >= 4 is 69.0 Å². The molecule has 3 rings (SSSR count). The molecule has 0 N–H and O–H groups in total. The van der Waals surface area contributed by atoms with Gasteiger partial charge in [-0.25, -0.2) is 4.90 Å². The third kappa shape index (κ3) is 2.54. The predicted molar refractivity (Wildman–Crippen MR) is 89.1 cm³/mol.